The highest BCUT2D eigenvalue weighted by atomic mass is 35.5. The minimum atomic E-state index is -1.36. The zero-order valence-electron chi connectivity index (χ0n) is 26.7. The van der Waals surface area contributed by atoms with Crippen LogP contribution in [0, 0.1) is 18.3 Å². The van der Waals surface area contributed by atoms with Crippen molar-refractivity contribution in [2.24, 2.45) is 25.4 Å². The minimum Gasteiger partial charge on any atom is -0.508 e. The zero-order chi connectivity index (χ0) is 34.0. The van der Waals surface area contributed by atoms with Crippen LogP contribution in [-0.2, 0) is 30.2 Å². The number of aromatic nitrogens is 5. The summed E-state index contributed by atoms with van der Waals surface area (Å²) in [4.78, 5) is 58.0. The van der Waals surface area contributed by atoms with Gasteiger partial charge in [-0.05, 0) is 73.2 Å². The number of thiophene rings is 1. The SMILES string of the molecule is COc1ccc(O)c([C@H]2C3=CCn4c(=O)n(C)c(=O)n4[C@@H]3C[C@H]3C(=O)N(c4cc(-c5sc6ccc(Cl)cc6c5C)nn4C)C(=O)[C@@]23C)c1. The smallest absolute Gasteiger partial charge is 0.347 e. The van der Waals surface area contributed by atoms with E-state index in [-0.39, 0.29) is 18.7 Å². The maximum Gasteiger partial charge on any atom is 0.347 e. The Labute approximate surface area is 282 Å². The predicted molar refractivity (Wildman–Crippen MR) is 181 cm³/mol. The summed E-state index contributed by atoms with van der Waals surface area (Å²) >= 11 is 7.83. The zero-order valence-corrected chi connectivity index (χ0v) is 28.3. The number of allylic oxidation sites excluding steroid dienone is 2. The number of ether oxygens (including phenoxy) is 1. The van der Waals surface area contributed by atoms with E-state index in [1.165, 1.54) is 39.2 Å². The highest BCUT2D eigenvalue weighted by Gasteiger charge is 2.66. The van der Waals surface area contributed by atoms with E-state index in [4.69, 9.17) is 21.4 Å². The molecular weight excluding hydrogens is 656 g/mol. The highest BCUT2D eigenvalue weighted by Crippen LogP contribution is 2.62. The van der Waals surface area contributed by atoms with Crippen LogP contribution in [0.3, 0.4) is 0 Å². The monoisotopic (exact) mass is 686 g/mol. The lowest BCUT2D eigenvalue weighted by Gasteiger charge is -2.47. The molecule has 12 nitrogen and oxygen atoms in total. The van der Waals surface area contributed by atoms with Crippen LogP contribution in [0.25, 0.3) is 20.7 Å². The molecule has 1 saturated carbocycles. The Hall–Kier alpha value is -4.88. The molecule has 14 heteroatoms. The van der Waals surface area contributed by atoms with Gasteiger partial charge < -0.3 is 9.84 Å². The van der Waals surface area contributed by atoms with Crippen molar-refractivity contribution in [1.29, 1.82) is 0 Å². The molecule has 2 amide bonds. The van der Waals surface area contributed by atoms with E-state index < -0.39 is 46.5 Å². The number of phenols is 1. The largest absolute Gasteiger partial charge is 0.508 e. The van der Waals surface area contributed by atoms with E-state index in [0.29, 0.717) is 33.4 Å². The summed E-state index contributed by atoms with van der Waals surface area (Å²) in [6.07, 6.45) is 1.95. The number of fused-ring (bicyclic) bond motifs is 5. The summed E-state index contributed by atoms with van der Waals surface area (Å²) in [7, 11) is 4.62. The van der Waals surface area contributed by atoms with Crippen LogP contribution >= 0.6 is 22.9 Å². The lowest BCUT2D eigenvalue weighted by Crippen LogP contribution is -2.49. The number of methoxy groups -OCH3 is 1. The number of aryl methyl sites for hydroxylation is 2. The number of anilines is 1. The number of phenolic OH excluding ortho intramolecular Hbond substituents is 1. The third-order valence-electron chi connectivity index (χ3n) is 10.5. The topological polar surface area (TPSA) is 134 Å². The first-order valence-electron chi connectivity index (χ1n) is 15.4. The number of benzene rings is 2. The lowest BCUT2D eigenvalue weighted by atomic mass is 9.56. The Morgan fingerprint density at radius 1 is 1.06 bits per heavy atom. The van der Waals surface area contributed by atoms with Gasteiger partial charge in [0.1, 0.15) is 23.0 Å². The molecule has 1 N–H and O–H groups in total. The molecule has 5 aromatic rings. The van der Waals surface area contributed by atoms with Crippen molar-refractivity contribution >= 4 is 50.7 Å². The first kappa shape index (κ1) is 30.5. The molecule has 0 unspecified atom stereocenters. The lowest BCUT2D eigenvalue weighted by molar-refractivity contribution is -0.129. The summed E-state index contributed by atoms with van der Waals surface area (Å²) in [5.74, 6) is -1.91. The number of hydrogen-bond acceptors (Lipinski definition) is 8. The molecule has 8 rings (SSSR count). The van der Waals surface area contributed by atoms with Crippen molar-refractivity contribution in [2.75, 3.05) is 12.0 Å². The number of imide groups is 1. The van der Waals surface area contributed by atoms with Crippen molar-refractivity contribution in [3.8, 4) is 22.1 Å². The van der Waals surface area contributed by atoms with E-state index in [9.17, 15) is 24.3 Å². The molecule has 0 bridgehead atoms. The van der Waals surface area contributed by atoms with Gasteiger partial charge in [0.15, 0.2) is 0 Å². The van der Waals surface area contributed by atoms with Crippen molar-refractivity contribution in [3.05, 3.63) is 91.2 Å². The summed E-state index contributed by atoms with van der Waals surface area (Å²) in [6, 6.07) is 11.5. The molecule has 0 radical (unpaired) electrons. The van der Waals surface area contributed by atoms with Crippen molar-refractivity contribution in [3.63, 3.8) is 0 Å². The van der Waals surface area contributed by atoms with Crippen LogP contribution in [0.2, 0.25) is 5.02 Å². The van der Waals surface area contributed by atoms with E-state index in [0.717, 1.165) is 25.1 Å². The molecule has 1 aliphatic carbocycles. The minimum absolute atomic E-state index is 0.0763. The molecule has 246 valence electrons. The molecule has 2 aromatic carbocycles. The molecule has 3 aromatic heterocycles. The summed E-state index contributed by atoms with van der Waals surface area (Å²) in [5, 5.41) is 17.7. The Kier molecular flexibility index (Phi) is 6.54. The Morgan fingerprint density at radius 3 is 2.58 bits per heavy atom. The number of carbonyl (C=O) groups excluding carboxylic acids is 2. The predicted octanol–water partition coefficient (Wildman–Crippen LogP) is 4.50. The second-order valence-corrected chi connectivity index (χ2v) is 14.4. The number of halogens is 1. The molecule has 48 heavy (non-hydrogen) atoms. The van der Waals surface area contributed by atoms with Gasteiger partial charge in [0.05, 0.1) is 35.9 Å². The average Bonchev–Trinajstić information content (AvgIpc) is 3.72. The fourth-order valence-corrected chi connectivity index (χ4v) is 9.37. The van der Waals surface area contributed by atoms with Crippen LogP contribution in [0.4, 0.5) is 5.82 Å². The van der Waals surface area contributed by atoms with Gasteiger partial charge in [-0.3, -0.25) is 14.3 Å². The highest BCUT2D eigenvalue weighted by molar-refractivity contribution is 7.22. The summed E-state index contributed by atoms with van der Waals surface area (Å²) in [5.41, 5.74) is 0.327. The third kappa shape index (κ3) is 3.91. The second-order valence-electron chi connectivity index (χ2n) is 12.9. The van der Waals surface area contributed by atoms with Crippen LogP contribution in [-0.4, -0.2) is 47.7 Å². The normalized spacial score (nSPS) is 23.3. The van der Waals surface area contributed by atoms with Crippen LogP contribution in [0.15, 0.2) is 63.7 Å². The van der Waals surface area contributed by atoms with Gasteiger partial charge in [0.25, 0.3) is 0 Å². The number of rotatable bonds is 4. The van der Waals surface area contributed by atoms with E-state index in [1.54, 1.807) is 43.5 Å². The van der Waals surface area contributed by atoms with Gasteiger partial charge in [0, 0.05) is 41.4 Å². The first-order valence-corrected chi connectivity index (χ1v) is 16.6. The van der Waals surface area contributed by atoms with Gasteiger partial charge in [-0.1, -0.05) is 17.7 Å². The van der Waals surface area contributed by atoms with Gasteiger partial charge in [-0.25, -0.2) is 28.4 Å². The molecule has 3 aliphatic rings. The van der Waals surface area contributed by atoms with Gasteiger partial charge in [-0.15, -0.1) is 11.3 Å². The third-order valence-corrected chi connectivity index (χ3v) is 12.0. The van der Waals surface area contributed by atoms with E-state index in [1.807, 2.05) is 31.2 Å². The Balaban J connectivity index is 1.30. The number of nitrogens with zero attached hydrogens (tertiary/aromatic N) is 6. The Bertz CT molecular complexity index is 2400. The number of amides is 2. The van der Waals surface area contributed by atoms with E-state index >= 15 is 0 Å². The fraction of sp³-hybridized carbons (Fsp3) is 0.324. The molecule has 2 fully saturated rings. The molecule has 4 atom stereocenters. The van der Waals surface area contributed by atoms with Crippen molar-refractivity contribution < 1.29 is 19.4 Å². The summed E-state index contributed by atoms with van der Waals surface area (Å²) in [6.45, 7) is 3.84. The number of carbonyl (C=O) groups is 2. The quantitative estimate of drug-likeness (QED) is 0.217. The molecule has 2 aliphatic heterocycles. The molecule has 1 saturated heterocycles. The molecule has 5 heterocycles. The molecule has 0 spiro atoms. The number of aromatic hydroxyl groups is 1. The van der Waals surface area contributed by atoms with Crippen LogP contribution in [0.5, 0.6) is 11.5 Å². The van der Waals surface area contributed by atoms with Crippen molar-refractivity contribution in [1.82, 2.24) is 23.7 Å². The van der Waals surface area contributed by atoms with Crippen LogP contribution in [0.1, 0.15) is 36.4 Å². The van der Waals surface area contributed by atoms with Gasteiger partial charge in [0.2, 0.25) is 11.8 Å². The maximum absolute atomic E-state index is 14.9. The summed E-state index contributed by atoms with van der Waals surface area (Å²) < 4.78 is 11.9. The second kappa shape index (κ2) is 10.3. The molecular formula is C34H31ClN6O6S. The van der Waals surface area contributed by atoms with Crippen molar-refractivity contribution in [2.45, 2.75) is 38.8 Å². The average molecular weight is 687 g/mol. The Morgan fingerprint density at radius 2 is 1.83 bits per heavy atom. The van der Waals surface area contributed by atoms with Gasteiger partial charge in [-0.2, -0.15) is 5.10 Å². The maximum atomic E-state index is 14.9. The standard InChI is InChI=1S/C34H31ClN6O6S/c1-16-20-12-17(35)6-9-26(20)48-29(16)23-15-27(38(4)36-23)40-30(43)22-14-24-19(10-11-39-32(45)37(3)33(46)41(24)39)28(34(22,2)31(40)44)21-13-18(47-5)7-8-25(21)42/h6-10,12-13,15,22,24,28,42H,11,14H2,1-5H3/t22-,24+,28+,34+/m0/s1. The number of hydrogen-bond donors (Lipinski definition) is 1. The first-order chi connectivity index (χ1) is 22.9. The van der Waals surface area contributed by atoms with Crippen LogP contribution < -0.4 is 21.0 Å². The van der Waals surface area contributed by atoms with Gasteiger partial charge >= 0.3 is 11.4 Å². The van der Waals surface area contributed by atoms with E-state index in [2.05, 4.69) is 0 Å². The fourth-order valence-electron chi connectivity index (χ4n) is 8.05.